The first-order valence-electron chi connectivity index (χ1n) is 16.4. The molecule has 0 aromatic heterocycles. The third-order valence-corrected chi connectivity index (χ3v) is 17.6. The molecule has 0 unspecified atom stereocenters. The highest BCUT2D eigenvalue weighted by atomic mass is 31.2. The monoisotopic (exact) mass is 630 g/mol. The van der Waals surface area contributed by atoms with Crippen molar-refractivity contribution in [3.63, 3.8) is 0 Å². The van der Waals surface area contributed by atoms with Gasteiger partial charge in [0.05, 0.1) is 0 Å². The van der Waals surface area contributed by atoms with Crippen LogP contribution < -0.4 is 31.8 Å². The van der Waals surface area contributed by atoms with Crippen LogP contribution in [0.15, 0.2) is 133 Å². The highest BCUT2D eigenvalue weighted by Gasteiger charge is 2.48. The summed E-state index contributed by atoms with van der Waals surface area (Å²) in [6, 6.07) is 46.3. The van der Waals surface area contributed by atoms with Gasteiger partial charge in [-0.15, -0.1) is 0 Å². The van der Waals surface area contributed by atoms with E-state index in [0.717, 1.165) is 79.8 Å². The fraction of sp³-hybridized carbons (Fsp3) is 0.143. The number of benzene rings is 6. The molecule has 2 aliphatic heterocycles. The molecule has 6 aromatic carbocycles. The van der Waals surface area contributed by atoms with E-state index < -0.39 is 14.3 Å². The topological polar surface area (TPSA) is 34.1 Å². The summed E-state index contributed by atoms with van der Waals surface area (Å²) < 4.78 is 30.9. The molecule has 0 N–H and O–H groups in total. The maximum Gasteiger partial charge on any atom is 0.172 e. The van der Waals surface area contributed by atoms with Gasteiger partial charge in [-0.25, -0.2) is 0 Å². The van der Waals surface area contributed by atoms with Gasteiger partial charge in [0, 0.05) is 37.2 Å². The zero-order valence-corrected chi connectivity index (χ0v) is 27.2. The van der Waals surface area contributed by atoms with Crippen LogP contribution in [0.25, 0.3) is 33.4 Å². The van der Waals surface area contributed by atoms with Crippen molar-refractivity contribution >= 4 is 46.1 Å². The molecular weight excluding hydrogens is 598 g/mol. The number of rotatable bonds is 2. The third-order valence-electron chi connectivity index (χ3n) is 11.3. The van der Waals surface area contributed by atoms with E-state index in [1.54, 1.807) is 0 Å². The van der Waals surface area contributed by atoms with Crippen LogP contribution in [0.2, 0.25) is 0 Å². The Morgan fingerprint density at radius 1 is 0.391 bits per heavy atom. The molecule has 0 saturated heterocycles. The lowest BCUT2D eigenvalue weighted by atomic mass is 9.68. The van der Waals surface area contributed by atoms with Crippen LogP contribution >= 0.6 is 14.3 Å². The lowest BCUT2D eigenvalue weighted by Gasteiger charge is -2.36. The maximum atomic E-state index is 15.5. The predicted molar refractivity (Wildman–Crippen MR) is 193 cm³/mol. The molecule has 10 rings (SSSR count). The van der Waals surface area contributed by atoms with Crippen LogP contribution in [0.3, 0.4) is 0 Å². The van der Waals surface area contributed by atoms with Gasteiger partial charge in [0.25, 0.3) is 0 Å². The number of hydrogen-bond donors (Lipinski definition) is 0. The summed E-state index contributed by atoms with van der Waals surface area (Å²) in [4.78, 5) is 0. The van der Waals surface area contributed by atoms with E-state index in [2.05, 4.69) is 84.9 Å². The zero-order chi connectivity index (χ0) is 30.7. The van der Waals surface area contributed by atoms with Crippen molar-refractivity contribution in [2.45, 2.75) is 37.5 Å². The molecule has 4 heteroatoms. The van der Waals surface area contributed by atoms with E-state index in [4.69, 9.17) is 0 Å². The van der Waals surface area contributed by atoms with Crippen LogP contribution in [0, 0.1) is 0 Å². The first kappa shape index (κ1) is 26.9. The van der Waals surface area contributed by atoms with Gasteiger partial charge in [-0.2, -0.15) is 0 Å². The molecule has 0 radical (unpaired) electrons. The molecule has 0 amide bonds. The molecule has 2 aliphatic carbocycles. The molecule has 222 valence electrons. The largest absolute Gasteiger partial charge is 0.309 e. The Bertz CT molecular complexity index is 2120. The number of hydrogen-bond acceptors (Lipinski definition) is 2. The molecule has 4 aliphatic rings. The SMILES string of the molecule is O=P1(c2ccc3c(c2)C2(CCCCC2)c2cc(P4(=O)c5ccccc5-c5ccccc54)ccc2-3)c2ccccc2-c2ccccc21. The minimum absolute atomic E-state index is 0.176. The summed E-state index contributed by atoms with van der Waals surface area (Å²) in [5.41, 5.74) is 9.26. The van der Waals surface area contributed by atoms with Crippen molar-refractivity contribution in [3.8, 4) is 33.4 Å². The van der Waals surface area contributed by atoms with E-state index in [1.165, 1.54) is 28.7 Å². The second-order valence-electron chi connectivity index (χ2n) is 13.4. The minimum atomic E-state index is -3.05. The van der Waals surface area contributed by atoms with Gasteiger partial charge in [-0.3, -0.25) is 0 Å². The fourth-order valence-electron chi connectivity index (χ4n) is 9.28. The van der Waals surface area contributed by atoms with Gasteiger partial charge in [0.15, 0.2) is 14.3 Å². The zero-order valence-electron chi connectivity index (χ0n) is 25.4. The summed E-state index contributed by atoms with van der Waals surface area (Å²) in [6.07, 6.45) is 5.63. The predicted octanol–water partition coefficient (Wildman–Crippen LogP) is 8.16. The van der Waals surface area contributed by atoms with Crippen molar-refractivity contribution in [2.24, 2.45) is 0 Å². The molecule has 2 heterocycles. The molecule has 1 spiro atoms. The van der Waals surface area contributed by atoms with Crippen LogP contribution in [0.5, 0.6) is 0 Å². The Labute approximate surface area is 269 Å². The van der Waals surface area contributed by atoms with E-state index in [1.807, 2.05) is 48.5 Å². The second-order valence-corrected chi connectivity index (χ2v) is 18.8. The molecule has 6 aromatic rings. The summed E-state index contributed by atoms with van der Waals surface area (Å²) in [6.45, 7) is 0. The van der Waals surface area contributed by atoms with E-state index in [9.17, 15) is 0 Å². The van der Waals surface area contributed by atoms with Gasteiger partial charge in [-0.05, 0) is 69.5 Å². The van der Waals surface area contributed by atoms with Gasteiger partial charge < -0.3 is 9.13 Å². The van der Waals surface area contributed by atoms with Gasteiger partial charge in [0.1, 0.15) is 0 Å². The van der Waals surface area contributed by atoms with E-state index in [0.29, 0.717) is 0 Å². The lowest BCUT2D eigenvalue weighted by molar-refractivity contribution is 0.353. The van der Waals surface area contributed by atoms with Gasteiger partial charge in [0.2, 0.25) is 0 Å². The van der Waals surface area contributed by atoms with E-state index >= 15 is 9.13 Å². The maximum absolute atomic E-state index is 15.5. The molecule has 1 fully saturated rings. The van der Waals surface area contributed by atoms with Crippen molar-refractivity contribution in [3.05, 3.63) is 145 Å². The first-order valence-corrected chi connectivity index (χ1v) is 19.9. The minimum Gasteiger partial charge on any atom is -0.309 e. The number of fused-ring (bicyclic) bond motifs is 11. The Morgan fingerprint density at radius 3 is 1.11 bits per heavy atom. The van der Waals surface area contributed by atoms with Crippen molar-refractivity contribution < 1.29 is 9.13 Å². The molecular formula is C42H32O2P2. The van der Waals surface area contributed by atoms with Crippen molar-refractivity contribution in [2.75, 3.05) is 0 Å². The first-order chi connectivity index (χ1) is 22.5. The molecule has 1 saturated carbocycles. The summed E-state index contributed by atoms with van der Waals surface area (Å²) in [5, 5.41) is 5.64. The van der Waals surface area contributed by atoms with Gasteiger partial charge in [-0.1, -0.05) is 141 Å². The highest BCUT2D eigenvalue weighted by Crippen LogP contribution is 2.59. The van der Waals surface area contributed by atoms with Gasteiger partial charge >= 0.3 is 0 Å². The lowest BCUT2D eigenvalue weighted by Crippen LogP contribution is -2.31. The fourth-order valence-corrected chi connectivity index (χ4v) is 15.4. The van der Waals surface area contributed by atoms with Crippen LogP contribution in [0.4, 0.5) is 0 Å². The molecule has 0 atom stereocenters. The van der Waals surface area contributed by atoms with Crippen molar-refractivity contribution in [1.29, 1.82) is 0 Å². The van der Waals surface area contributed by atoms with Crippen LogP contribution in [0.1, 0.15) is 43.2 Å². The average molecular weight is 631 g/mol. The third kappa shape index (κ3) is 3.24. The Hall–Kier alpha value is -4.22. The second kappa shape index (κ2) is 9.42. The quantitative estimate of drug-likeness (QED) is 0.181. The normalized spacial score (nSPS) is 18.3. The summed E-state index contributed by atoms with van der Waals surface area (Å²) in [7, 11) is -6.11. The highest BCUT2D eigenvalue weighted by molar-refractivity contribution is 7.87. The van der Waals surface area contributed by atoms with Crippen LogP contribution in [-0.2, 0) is 14.5 Å². The summed E-state index contributed by atoms with van der Waals surface area (Å²) in [5.74, 6) is 0. The molecule has 46 heavy (non-hydrogen) atoms. The average Bonchev–Trinajstić information content (AvgIpc) is 3.66. The van der Waals surface area contributed by atoms with Crippen LogP contribution in [-0.4, -0.2) is 0 Å². The molecule has 0 bridgehead atoms. The van der Waals surface area contributed by atoms with E-state index in [-0.39, 0.29) is 5.41 Å². The molecule has 2 nitrogen and oxygen atoms in total. The summed E-state index contributed by atoms with van der Waals surface area (Å²) >= 11 is 0. The Morgan fingerprint density at radius 2 is 0.739 bits per heavy atom. The standard InChI is InChI=1S/C42H32O2P2/c43-45(38-16-6-2-12-32(38)33-13-3-7-17-39(33)45)28-20-22-30-31-23-21-29(27-37(31)42(36(30)26-28)24-10-1-11-25-42)46(44)40-18-8-4-14-34(40)35-15-5-9-19-41(35)46/h2-9,12-23,26-27H,1,10-11,24-25H2. The Balaban J connectivity index is 1.18. The Kier molecular flexibility index (Phi) is 5.52. The van der Waals surface area contributed by atoms with Crippen molar-refractivity contribution in [1.82, 2.24) is 0 Å². The smallest absolute Gasteiger partial charge is 0.172 e.